The molecule has 0 amide bonds. The van der Waals surface area contributed by atoms with E-state index in [1.807, 2.05) is 25.1 Å². The highest BCUT2D eigenvalue weighted by Gasteiger charge is 1.99. The highest BCUT2D eigenvalue weighted by Crippen LogP contribution is 2.22. The highest BCUT2D eigenvalue weighted by molar-refractivity contribution is 5.84. The van der Waals surface area contributed by atoms with E-state index in [-0.39, 0.29) is 0 Å². The Morgan fingerprint density at radius 3 is 2.67 bits per heavy atom. The number of fused-ring (bicyclic) bond motifs is 1. The van der Waals surface area contributed by atoms with E-state index in [2.05, 4.69) is 35.1 Å². The Labute approximate surface area is 125 Å². The van der Waals surface area contributed by atoms with Crippen molar-refractivity contribution in [2.75, 3.05) is 13.7 Å². The summed E-state index contributed by atoms with van der Waals surface area (Å²) in [7, 11) is 1.67. The lowest BCUT2D eigenvalue weighted by atomic mass is 10.1. The Morgan fingerprint density at radius 2 is 1.95 bits per heavy atom. The summed E-state index contributed by atoms with van der Waals surface area (Å²) >= 11 is 0. The monoisotopic (exact) mass is 283 g/mol. The highest BCUT2D eigenvalue weighted by atomic mass is 16.5. The van der Waals surface area contributed by atoms with E-state index in [1.165, 1.54) is 0 Å². The van der Waals surface area contributed by atoms with Crippen LogP contribution < -0.4 is 15.8 Å². The molecule has 110 valence electrons. The molecule has 4 heteroatoms. The SMILES string of the molecule is C=C(C)CNC(N)=NCc1ccc2cc(OC)ccc2c1. The van der Waals surface area contributed by atoms with Crippen LogP contribution in [-0.2, 0) is 6.54 Å². The second kappa shape index (κ2) is 6.79. The smallest absolute Gasteiger partial charge is 0.189 e. The average Bonchev–Trinajstić information content (AvgIpc) is 2.50. The van der Waals surface area contributed by atoms with Crippen molar-refractivity contribution in [1.82, 2.24) is 5.32 Å². The van der Waals surface area contributed by atoms with Gasteiger partial charge >= 0.3 is 0 Å². The van der Waals surface area contributed by atoms with Crippen molar-refractivity contribution >= 4 is 16.7 Å². The molecular formula is C17H21N3O. The molecule has 4 nitrogen and oxygen atoms in total. The fourth-order valence-electron chi connectivity index (χ4n) is 1.97. The number of hydrogen-bond donors (Lipinski definition) is 2. The molecule has 2 rings (SSSR count). The van der Waals surface area contributed by atoms with Crippen LogP contribution in [0.3, 0.4) is 0 Å². The molecule has 0 aromatic heterocycles. The lowest BCUT2D eigenvalue weighted by molar-refractivity contribution is 0.415. The molecule has 0 unspecified atom stereocenters. The van der Waals surface area contributed by atoms with Crippen molar-refractivity contribution in [2.45, 2.75) is 13.5 Å². The number of ether oxygens (including phenoxy) is 1. The van der Waals surface area contributed by atoms with Crippen molar-refractivity contribution in [3.05, 3.63) is 54.1 Å². The number of nitrogens with one attached hydrogen (secondary N) is 1. The minimum absolute atomic E-state index is 0.438. The lowest BCUT2D eigenvalue weighted by Crippen LogP contribution is -2.32. The van der Waals surface area contributed by atoms with Gasteiger partial charge in [-0.2, -0.15) is 0 Å². The minimum atomic E-state index is 0.438. The predicted molar refractivity (Wildman–Crippen MR) is 88.6 cm³/mol. The largest absolute Gasteiger partial charge is 0.497 e. The third kappa shape index (κ3) is 4.24. The first-order valence-electron chi connectivity index (χ1n) is 6.83. The lowest BCUT2D eigenvalue weighted by Gasteiger charge is -2.06. The fraction of sp³-hybridized carbons (Fsp3) is 0.235. The molecule has 0 spiro atoms. The number of benzene rings is 2. The maximum Gasteiger partial charge on any atom is 0.189 e. The molecule has 21 heavy (non-hydrogen) atoms. The van der Waals surface area contributed by atoms with Gasteiger partial charge in [0.05, 0.1) is 13.7 Å². The van der Waals surface area contributed by atoms with Crippen LogP contribution in [-0.4, -0.2) is 19.6 Å². The van der Waals surface area contributed by atoms with Crippen LogP contribution in [0.25, 0.3) is 10.8 Å². The average molecular weight is 283 g/mol. The zero-order valence-corrected chi connectivity index (χ0v) is 12.5. The van der Waals surface area contributed by atoms with Crippen LogP contribution in [0.15, 0.2) is 53.5 Å². The van der Waals surface area contributed by atoms with Crippen LogP contribution in [0.2, 0.25) is 0 Å². The summed E-state index contributed by atoms with van der Waals surface area (Å²) in [5.74, 6) is 1.30. The third-order valence-corrected chi connectivity index (χ3v) is 3.12. The van der Waals surface area contributed by atoms with Gasteiger partial charge in [-0.3, -0.25) is 0 Å². The van der Waals surface area contributed by atoms with Crippen LogP contribution in [0, 0.1) is 0 Å². The summed E-state index contributed by atoms with van der Waals surface area (Å²) in [6, 6.07) is 12.3. The van der Waals surface area contributed by atoms with Gasteiger partial charge in [-0.05, 0) is 41.5 Å². The van der Waals surface area contributed by atoms with Gasteiger partial charge in [0, 0.05) is 6.54 Å². The normalized spacial score (nSPS) is 11.4. The molecule has 0 saturated carbocycles. The van der Waals surface area contributed by atoms with Gasteiger partial charge in [-0.15, -0.1) is 0 Å². The molecule has 0 saturated heterocycles. The van der Waals surface area contributed by atoms with Gasteiger partial charge in [0.15, 0.2) is 5.96 Å². The second-order valence-corrected chi connectivity index (χ2v) is 5.06. The Balaban J connectivity index is 2.09. The predicted octanol–water partition coefficient (Wildman–Crippen LogP) is 2.83. The quantitative estimate of drug-likeness (QED) is 0.504. The van der Waals surface area contributed by atoms with E-state index < -0.39 is 0 Å². The van der Waals surface area contributed by atoms with E-state index in [1.54, 1.807) is 7.11 Å². The van der Waals surface area contributed by atoms with Crippen LogP contribution >= 0.6 is 0 Å². The first-order valence-corrected chi connectivity index (χ1v) is 6.83. The standard InChI is InChI=1S/C17H21N3O/c1-12(2)10-19-17(18)20-11-13-4-5-15-9-16(21-3)7-6-14(15)8-13/h4-9H,1,10-11H2,2-3H3,(H3,18,19,20). The maximum atomic E-state index is 5.80. The second-order valence-electron chi connectivity index (χ2n) is 5.06. The summed E-state index contributed by atoms with van der Waals surface area (Å²) in [6.07, 6.45) is 0. The summed E-state index contributed by atoms with van der Waals surface area (Å²) in [4.78, 5) is 4.32. The molecule has 2 aromatic carbocycles. The van der Waals surface area contributed by atoms with Crippen LogP contribution in [0.5, 0.6) is 5.75 Å². The van der Waals surface area contributed by atoms with E-state index in [0.717, 1.165) is 27.7 Å². The number of hydrogen-bond acceptors (Lipinski definition) is 2. The molecule has 0 bridgehead atoms. The molecule has 0 heterocycles. The molecule has 0 aliphatic carbocycles. The maximum absolute atomic E-state index is 5.80. The molecule has 0 atom stereocenters. The van der Waals surface area contributed by atoms with E-state index in [9.17, 15) is 0 Å². The molecule has 0 fully saturated rings. The Bertz CT molecular complexity index is 677. The summed E-state index contributed by atoms with van der Waals surface area (Å²) in [6.45, 7) is 6.95. The number of nitrogens with two attached hydrogens (primary N) is 1. The summed E-state index contributed by atoms with van der Waals surface area (Å²) < 4.78 is 5.22. The molecular weight excluding hydrogens is 262 g/mol. The summed E-state index contributed by atoms with van der Waals surface area (Å²) in [5, 5.41) is 5.33. The first kappa shape index (κ1) is 14.9. The number of rotatable bonds is 5. The minimum Gasteiger partial charge on any atom is -0.497 e. The first-order chi connectivity index (χ1) is 10.1. The Morgan fingerprint density at radius 1 is 1.24 bits per heavy atom. The van der Waals surface area contributed by atoms with Crippen molar-refractivity contribution in [1.29, 1.82) is 0 Å². The fourth-order valence-corrected chi connectivity index (χ4v) is 1.97. The van der Waals surface area contributed by atoms with Crippen LogP contribution in [0.1, 0.15) is 12.5 Å². The van der Waals surface area contributed by atoms with Gasteiger partial charge in [0.25, 0.3) is 0 Å². The Kier molecular flexibility index (Phi) is 4.82. The summed E-state index contributed by atoms with van der Waals surface area (Å²) in [5.41, 5.74) is 7.94. The number of methoxy groups -OCH3 is 1. The molecule has 0 radical (unpaired) electrons. The zero-order chi connectivity index (χ0) is 15.2. The zero-order valence-electron chi connectivity index (χ0n) is 12.5. The number of aliphatic imine (C=N–C) groups is 1. The third-order valence-electron chi connectivity index (χ3n) is 3.12. The van der Waals surface area contributed by atoms with Crippen molar-refractivity contribution < 1.29 is 4.74 Å². The van der Waals surface area contributed by atoms with Gasteiger partial charge in [0.2, 0.25) is 0 Å². The van der Waals surface area contributed by atoms with Crippen molar-refractivity contribution in [3.63, 3.8) is 0 Å². The number of nitrogens with zero attached hydrogens (tertiary/aromatic N) is 1. The van der Waals surface area contributed by atoms with Gasteiger partial charge in [-0.25, -0.2) is 4.99 Å². The van der Waals surface area contributed by atoms with E-state index in [4.69, 9.17) is 10.5 Å². The van der Waals surface area contributed by atoms with Gasteiger partial charge in [-0.1, -0.05) is 30.4 Å². The van der Waals surface area contributed by atoms with Gasteiger partial charge < -0.3 is 15.8 Å². The number of guanidine groups is 1. The van der Waals surface area contributed by atoms with Gasteiger partial charge in [0.1, 0.15) is 5.75 Å². The topological polar surface area (TPSA) is 59.6 Å². The molecule has 3 N–H and O–H groups in total. The van der Waals surface area contributed by atoms with Crippen LogP contribution in [0.4, 0.5) is 0 Å². The van der Waals surface area contributed by atoms with Crippen molar-refractivity contribution in [2.24, 2.45) is 10.7 Å². The molecule has 0 aliphatic rings. The Hall–Kier alpha value is -2.49. The van der Waals surface area contributed by atoms with Crippen molar-refractivity contribution in [3.8, 4) is 5.75 Å². The molecule has 0 aliphatic heterocycles. The van der Waals surface area contributed by atoms with E-state index >= 15 is 0 Å². The molecule has 2 aromatic rings. The van der Waals surface area contributed by atoms with E-state index in [0.29, 0.717) is 19.0 Å².